The Morgan fingerprint density at radius 1 is 1.12 bits per heavy atom. The second kappa shape index (κ2) is 3.05. The maximum absolute atomic E-state index is 6.09. The molecule has 0 amide bonds. The summed E-state index contributed by atoms with van der Waals surface area (Å²) in [6.07, 6.45) is 3.62. The first-order chi connectivity index (χ1) is 7.90. The van der Waals surface area contributed by atoms with Gasteiger partial charge in [0, 0.05) is 23.3 Å². The van der Waals surface area contributed by atoms with Gasteiger partial charge in [0.05, 0.1) is 16.8 Å². The van der Waals surface area contributed by atoms with E-state index < -0.39 is 0 Å². The second-order valence-corrected chi connectivity index (χ2v) is 5.58. The Bertz CT molecular complexity index is 550. The molecule has 3 rings (SSSR count). The lowest BCUT2D eigenvalue weighted by Gasteiger charge is -2.24. The molecule has 3 heterocycles. The number of hydrogen-bond donors (Lipinski definition) is 0. The Hall–Kier alpha value is -1.48. The van der Waals surface area contributed by atoms with Gasteiger partial charge in [-0.05, 0) is 39.8 Å². The maximum Gasteiger partial charge on any atom is 0.106 e. The molecule has 0 spiro atoms. The monoisotopic (exact) mass is 228 g/mol. The Labute approximate surface area is 101 Å². The van der Waals surface area contributed by atoms with Crippen molar-refractivity contribution in [2.75, 3.05) is 0 Å². The molecule has 0 fully saturated rings. The Balaban J connectivity index is 2.37. The van der Waals surface area contributed by atoms with Crippen LogP contribution in [0.5, 0.6) is 0 Å². The highest BCUT2D eigenvalue weighted by Crippen LogP contribution is 2.46. The van der Waals surface area contributed by atoms with Gasteiger partial charge >= 0.3 is 0 Å². The van der Waals surface area contributed by atoms with Crippen LogP contribution in [-0.4, -0.2) is 9.97 Å². The lowest BCUT2D eigenvalue weighted by atomic mass is 9.94. The third kappa shape index (κ3) is 1.46. The average Bonchev–Trinajstić information content (AvgIpc) is 2.43. The van der Waals surface area contributed by atoms with E-state index in [-0.39, 0.29) is 11.2 Å². The van der Waals surface area contributed by atoms with Crippen molar-refractivity contribution in [2.45, 2.75) is 38.9 Å². The Kier molecular flexibility index (Phi) is 1.91. The molecule has 2 aromatic rings. The fraction of sp³-hybridized carbons (Fsp3) is 0.429. The van der Waals surface area contributed by atoms with Crippen molar-refractivity contribution in [1.82, 2.24) is 9.97 Å². The summed E-state index contributed by atoms with van der Waals surface area (Å²) < 4.78 is 6.09. The van der Waals surface area contributed by atoms with Gasteiger partial charge in [-0.2, -0.15) is 0 Å². The quantitative estimate of drug-likeness (QED) is 0.695. The fourth-order valence-corrected chi connectivity index (χ4v) is 2.68. The number of nitrogens with zero attached hydrogens (tertiary/aromatic N) is 2. The zero-order valence-electron chi connectivity index (χ0n) is 10.6. The van der Waals surface area contributed by atoms with Crippen molar-refractivity contribution >= 4 is 10.9 Å². The van der Waals surface area contributed by atoms with E-state index in [4.69, 9.17) is 9.72 Å². The summed E-state index contributed by atoms with van der Waals surface area (Å²) in [5.74, 6) is 0. The minimum absolute atomic E-state index is 0.282. The van der Waals surface area contributed by atoms with Gasteiger partial charge in [0.25, 0.3) is 0 Å². The van der Waals surface area contributed by atoms with Crippen molar-refractivity contribution < 1.29 is 4.74 Å². The Morgan fingerprint density at radius 3 is 2.65 bits per heavy atom. The van der Waals surface area contributed by atoms with Gasteiger partial charge in [-0.25, -0.2) is 4.98 Å². The molecule has 0 aliphatic carbocycles. The highest BCUT2D eigenvalue weighted by molar-refractivity contribution is 5.79. The largest absolute Gasteiger partial charge is 0.359 e. The van der Waals surface area contributed by atoms with Gasteiger partial charge in [-0.3, -0.25) is 4.98 Å². The van der Waals surface area contributed by atoms with Gasteiger partial charge in [0.1, 0.15) is 5.60 Å². The molecule has 2 aromatic heterocycles. The topological polar surface area (TPSA) is 35.0 Å². The molecule has 0 N–H and O–H groups in total. The highest BCUT2D eigenvalue weighted by atomic mass is 16.5. The van der Waals surface area contributed by atoms with Crippen LogP contribution in [0.4, 0.5) is 0 Å². The number of aromatic nitrogens is 2. The molecule has 17 heavy (non-hydrogen) atoms. The molecule has 0 radical (unpaired) electrons. The molecule has 0 atom stereocenters. The smallest absolute Gasteiger partial charge is 0.106 e. The first kappa shape index (κ1) is 10.7. The van der Waals surface area contributed by atoms with Crippen LogP contribution in [0.3, 0.4) is 0 Å². The van der Waals surface area contributed by atoms with Gasteiger partial charge < -0.3 is 4.74 Å². The van der Waals surface area contributed by atoms with Crippen LogP contribution in [-0.2, 0) is 15.9 Å². The molecule has 1 aliphatic heterocycles. The van der Waals surface area contributed by atoms with Crippen LogP contribution in [0.25, 0.3) is 10.9 Å². The van der Waals surface area contributed by atoms with Crippen LogP contribution in [0, 0.1) is 0 Å². The lowest BCUT2D eigenvalue weighted by Crippen LogP contribution is -2.22. The zero-order valence-corrected chi connectivity index (χ0v) is 10.6. The van der Waals surface area contributed by atoms with E-state index in [9.17, 15) is 0 Å². The van der Waals surface area contributed by atoms with Crippen LogP contribution in [0.1, 0.15) is 39.0 Å². The first-order valence-corrected chi connectivity index (χ1v) is 5.86. The lowest BCUT2D eigenvalue weighted by molar-refractivity contribution is -0.106. The normalized spacial score (nSPS) is 20.5. The highest BCUT2D eigenvalue weighted by Gasteiger charge is 2.44. The van der Waals surface area contributed by atoms with Crippen LogP contribution in [0.15, 0.2) is 24.5 Å². The van der Waals surface area contributed by atoms with E-state index in [0.29, 0.717) is 0 Å². The van der Waals surface area contributed by atoms with Crippen molar-refractivity contribution in [2.24, 2.45) is 0 Å². The summed E-state index contributed by atoms with van der Waals surface area (Å²) in [6, 6.07) is 4.09. The number of hydrogen-bond acceptors (Lipinski definition) is 3. The summed E-state index contributed by atoms with van der Waals surface area (Å²) in [5, 5.41) is 1.07. The minimum atomic E-state index is -0.323. The third-order valence-electron chi connectivity index (χ3n) is 3.34. The summed E-state index contributed by atoms with van der Waals surface area (Å²) in [4.78, 5) is 8.88. The molecule has 88 valence electrons. The van der Waals surface area contributed by atoms with Crippen molar-refractivity contribution in [3.05, 3.63) is 35.8 Å². The summed E-state index contributed by atoms with van der Waals surface area (Å²) >= 11 is 0. The second-order valence-electron chi connectivity index (χ2n) is 5.58. The molecule has 0 aromatic carbocycles. The number of ether oxygens (including phenoxy) is 1. The van der Waals surface area contributed by atoms with Gasteiger partial charge in [-0.15, -0.1) is 0 Å². The molecule has 0 saturated heterocycles. The summed E-state index contributed by atoms with van der Waals surface area (Å²) in [6.45, 7) is 8.32. The van der Waals surface area contributed by atoms with Crippen molar-refractivity contribution in [3.63, 3.8) is 0 Å². The molecule has 1 aliphatic rings. The zero-order chi connectivity index (χ0) is 12.3. The maximum atomic E-state index is 6.09. The third-order valence-corrected chi connectivity index (χ3v) is 3.34. The standard InChI is InChI=1S/C14H16N2O/c1-13(2)10-7-9-8-15-6-5-11(9)16-12(10)14(3,4)17-13/h5-8H,1-4H3. The van der Waals surface area contributed by atoms with Crippen LogP contribution < -0.4 is 0 Å². The van der Waals surface area contributed by atoms with Crippen LogP contribution in [0.2, 0.25) is 0 Å². The molecular formula is C14H16N2O. The van der Waals surface area contributed by atoms with E-state index in [2.05, 4.69) is 38.7 Å². The Morgan fingerprint density at radius 2 is 1.88 bits per heavy atom. The SMILES string of the molecule is CC1(C)OC(C)(C)c2nc3ccncc3cc21. The number of rotatable bonds is 0. The first-order valence-electron chi connectivity index (χ1n) is 5.86. The predicted molar refractivity (Wildman–Crippen MR) is 66.7 cm³/mol. The number of pyridine rings is 2. The van der Waals surface area contributed by atoms with Crippen molar-refractivity contribution in [1.29, 1.82) is 0 Å². The average molecular weight is 228 g/mol. The van der Waals surface area contributed by atoms with E-state index in [1.54, 1.807) is 6.20 Å². The van der Waals surface area contributed by atoms with Gasteiger partial charge in [-0.1, -0.05) is 0 Å². The van der Waals surface area contributed by atoms with Gasteiger partial charge in [0.15, 0.2) is 0 Å². The summed E-state index contributed by atoms with van der Waals surface area (Å²) in [7, 11) is 0. The van der Waals surface area contributed by atoms with Crippen molar-refractivity contribution in [3.8, 4) is 0 Å². The molecule has 0 bridgehead atoms. The number of fused-ring (bicyclic) bond motifs is 2. The molecule has 3 heteroatoms. The van der Waals surface area contributed by atoms with Gasteiger partial charge in [0.2, 0.25) is 0 Å². The fourth-order valence-electron chi connectivity index (χ4n) is 2.68. The predicted octanol–water partition coefficient (Wildman–Crippen LogP) is 3.13. The van der Waals surface area contributed by atoms with E-state index >= 15 is 0 Å². The van der Waals surface area contributed by atoms with E-state index in [1.807, 2.05) is 12.3 Å². The molecule has 3 nitrogen and oxygen atoms in total. The molecule has 0 saturated carbocycles. The molecule has 0 unspecified atom stereocenters. The van der Waals surface area contributed by atoms with Crippen LogP contribution >= 0.6 is 0 Å². The van der Waals surface area contributed by atoms with E-state index in [0.717, 1.165) is 16.6 Å². The minimum Gasteiger partial charge on any atom is -0.359 e. The summed E-state index contributed by atoms with van der Waals surface area (Å²) in [5.41, 5.74) is 2.59. The van der Waals surface area contributed by atoms with E-state index in [1.165, 1.54) is 5.56 Å². The molecular weight excluding hydrogens is 212 g/mol.